The highest BCUT2D eigenvalue weighted by Gasteiger charge is 2.32. The maximum absolute atomic E-state index is 5.69. The smallest absolute Gasteiger partial charge is 0.231 e. The second-order valence-corrected chi connectivity index (χ2v) is 7.12. The summed E-state index contributed by atoms with van der Waals surface area (Å²) in [5.74, 6) is 3.11. The molecule has 1 atom stereocenters. The van der Waals surface area contributed by atoms with E-state index >= 15 is 0 Å². The molecule has 4 aromatic heterocycles. The predicted molar refractivity (Wildman–Crippen MR) is 115 cm³/mol. The molecule has 0 spiro atoms. The van der Waals surface area contributed by atoms with Crippen molar-refractivity contribution in [3.8, 4) is 17.3 Å². The van der Waals surface area contributed by atoms with Gasteiger partial charge in [0.2, 0.25) is 11.8 Å². The molecule has 0 aromatic carbocycles. The number of aromatic nitrogens is 5. The van der Waals surface area contributed by atoms with Crippen molar-refractivity contribution in [2.24, 2.45) is 0 Å². The molecule has 0 saturated carbocycles. The number of nitrogens with zero attached hydrogens (tertiary/aromatic N) is 6. The molecule has 5 heterocycles. The highest BCUT2D eigenvalue weighted by Crippen LogP contribution is 2.37. The van der Waals surface area contributed by atoms with E-state index in [2.05, 4.69) is 30.3 Å². The maximum Gasteiger partial charge on any atom is 0.231 e. The number of anilines is 3. The molecule has 1 saturated heterocycles. The summed E-state index contributed by atoms with van der Waals surface area (Å²) < 4.78 is 11.1. The topological polar surface area (TPSA) is 102 Å². The minimum atomic E-state index is -0.0141. The largest absolute Gasteiger partial charge is 0.481 e. The van der Waals surface area contributed by atoms with Crippen LogP contribution in [0, 0.1) is 0 Å². The van der Waals surface area contributed by atoms with Gasteiger partial charge < -0.3 is 19.5 Å². The van der Waals surface area contributed by atoms with E-state index in [0.29, 0.717) is 29.2 Å². The highest BCUT2D eigenvalue weighted by atomic mass is 16.5. The van der Waals surface area contributed by atoms with Crippen LogP contribution < -0.4 is 15.0 Å². The van der Waals surface area contributed by atoms with Crippen LogP contribution >= 0.6 is 0 Å². The average Bonchev–Trinajstić information content (AvgIpc) is 3.50. The number of hydrogen-bond donors (Lipinski definition) is 1. The first-order valence-corrected chi connectivity index (χ1v) is 10.1. The van der Waals surface area contributed by atoms with Crippen molar-refractivity contribution in [3.05, 3.63) is 66.7 Å². The van der Waals surface area contributed by atoms with Crippen LogP contribution in [0.25, 0.3) is 11.4 Å². The summed E-state index contributed by atoms with van der Waals surface area (Å²) in [6.45, 7) is 0.806. The van der Waals surface area contributed by atoms with E-state index in [4.69, 9.17) is 14.2 Å². The van der Waals surface area contributed by atoms with Crippen LogP contribution in [0.2, 0.25) is 0 Å². The van der Waals surface area contributed by atoms with Crippen LogP contribution in [0.4, 0.5) is 17.6 Å². The third kappa shape index (κ3) is 4.02. The second-order valence-electron chi connectivity index (χ2n) is 7.12. The molecule has 31 heavy (non-hydrogen) atoms. The molecule has 1 fully saturated rings. The monoisotopic (exact) mass is 415 g/mol. The summed E-state index contributed by atoms with van der Waals surface area (Å²) in [5.41, 5.74) is 1.49. The Hall–Kier alpha value is -4.01. The van der Waals surface area contributed by atoms with E-state index in [9.17, 15) is 0 Å². The van der Waals surface area contributed by atoms with Crippen LogP contribution in [-0.4, -0.2) is 38.7 Å². The number of pyridine rings is 2. The molecule has 0 radical (unpaired) electrons. The summed E-state index contributed by atoms with van der Waals surface area (Å²) in [6.07, 6.45) is 5.38. The Labute approximate surface area is 179 Å². The molecule has 1 unspecified atom stereocenters. The van der Waals surface area contributed by atoms with Crippen LogP contribution in [0.15, 0.2) is 65.4 Å². The SMILES string of the molecule is COc1cc(Nc2ccccn2)nc(N2CCCC2c2cc(-c3ccccn3)no2)n1. The van der Waals surface area contributed by atoms with Gasteiger partial charge in [-0.25, -0.2) is 4.98 Å². The molecule has 9 heteroatoms. The van der Waals surface area contributed by atoms with Gasteiger partial charge in [0.1, 0.15) is 17.3 Å². The lowest BCUT2D eigenvalue weighted by Crippen LogP contribution is -2.24. The fourth-order valence-corrected chi connectivity index (χ4v) is 3.66. The molecule has 5 rings (SSSR count). The zero-order valence-electron chi connectivity index (χ0n) is 17.0. The minimum absolute atomic E-state index is 0.0141. The van der Waals surface area contributed by atoms with Crippen LogP contribution in [0.1, 0.15) is 24.6 Å². The molecule has 1 aliphatic rings. The van der Waals surface area contributed by atoms with Gasteiger partial charge in [-0.2, -0.15) is 9.97 Å². The zero-order chi connectivity index (χ0) is 21.0. The van der Waals surface area contributed by atoms with E-state index in [1.54, 1.807) is 25.6 Å². The third-order valence-corrected chi connectivity index (χ3v) is 5.11. The molecule has 1 N–H and O–H groups in total. The van der Waals surface area contributed by atoms with Gasteiger partial charge in [0, 0.05) is 31.1 Å². The highest BCUT2D eigenvalue weighted by molar-refractivity contribution is 5.56. The zero-order valence-corrected chi connectivity index (χ0v) is 17.0. The van der Waals surface area contributed by atoms with E-state index in [1.807, 2.05) is 42.5 Å². The molecule has 0 amide bonds. The van der Waals surface area contributed by atoms with Gasteiger partial charge >= 0.3 is 0 Å². The summed E-state index contributed by atoms with van der Waals surface area (Å²) in [6, 6.07) is 15.0. The van der Waals surface area contributed by atoms with Crippen molar-refractivity contribution >= 4 is 17.6 Å². The fourth-order valence-electron chi connectivity index (χ4n) is 3.66. The Bertz CT molecular complexity index is 1150. The second kappa shape index (κ2) is 8.39. The van der Waals surface area contributed by atoms with Gasteiger partial charge in [-0.05, 0) is 37.1 Å². The lowest BCUT2D eigenvalue weighted by atomic mass is 10.1. The Morgan fingerprint density at radius 2 is 1.87 bits per heavy atom. The number of rotatable bonds is 6. The molecule has 4 aromatic rings. The molecule has 0 bridgehead atoms. The molecular formula is C22H21N7O2. The molecule has 156 valence electrons. The quantitative estimate of drug-likeness (QED) is 0.500. The first kappa shape index (κ1) is 19.0. The summed E-state index contributed by atoms with van der Waals surface area (Å²) in [7, 11) is 1.59. The van der Waals surface area contributed by atoms with Crippen molar-refractivity contribution in [2.45, 2.75) is 18.9 Å². The van der Waals surface area contributed by atoms with Crippen LogP contribution in [0.5, 0.6) is 5.88 Å². The van der Waals surface area contributed by atoms with Crippen molar-refractivity contribution in [2.75, 3.05) is 23.9 Å². The van der Waals surface area contributed by atoms with Crippen molar-refractivity contribution < 1.29 is 9.26 Å². The fraction of sp³-hybridized carbons (Fsp3) is 0.227. The van der Waals surface area contributed by atoms with Gasteiger partial charge in [0.25, 0.3) is 0 Å². The Morgan fingerprint density at radius 1 is 1.00 bits per heavy atom. The Kier molecular flexibility index (Phi) is 5.14. The van der Waals surface area contributed by atoms with Gasteiger partial charge in [0.15, 0.2) is 5.76 Å². The van der Waals surface area contributed by atoms with Crippen molar-refractivity contribution in [1.82, 2.24) is 25.1 Å². The number of hydrogen-bond acceptors (Lipinski definition) is 9. The lowest BCUT2D eigenvalue weighted by molar-refractivity contribution is 0.361. The van der Waals surface area contributed by atoms with Crippen molar-refractivity contribution in [3.63, 3.8) is 0 Å². The summed E-state index contributed by atoms with van der Waals surface area (Å²) >= 11 is 0. The Balaban J connectivity index is 1.44. The minimum Gasteiger partial charge on any atom is -0.481 e. The molecule has 0 aliphatic carbocycles. The van der Waals surface area contributed by atoms with E-state index in [1.165, 1.54) is 0 Å². The van der Waals surface area contributed by atoms with Gasteiger partial charge in [0.05, 0.1) is 18.8 Å². The van der Waals surface area contributed by atoms with E-state index in [0.717, 1.165) is 30.8 Å². The summed E-state index contributed by atoms with van der Waals surface area (Å²) in [5, 5.41) is 7.43. The van der Waals surface area contributed by atoms with Crippen LogP contribution in [0.3, 0.4) is 0 Å². The lowest BCUT2D eigenvalue weighted by Gasteiger charge is -2.23. The molecule has 1 aliphatic heterocycles. The third-order valence-electron chi connectivity index (χ3n) is 5.11. The van der Waals surface area contributed by atoms with E-state index < -0.39 is 0 Å². The maximum atomic E-state index is 5.69. The molecule has 9 nitrogen and oxygen atoms in total. The normalized spacial score (nSPS) is 15.8. The standard InChI is InChI=1S/C22H21N7O2/c1-30-21-14-20(25-19-9-3-5-11-24-19)26-22(27-21)29-12-6-8-17(29)18-13-16(28-31-18)15-7-2-4-10-23-15/h2-5,7,9-11,13-14,17H,6,8,12H2,1H3,(H,24,25,26,27). The van der Waals surface area contributed by atoms with Crippen molar-refractivity contribution in [1.29, 1.82) is 0 Å². The van der Waals surface area contributed by atoms with Gasteiger partial charge in [-0.3, -0.25) is 4.98 Å². The molecular weight excluding hydrogens is 394 g/mol. The summed E-state index contributed by atoms with van der Waals surface area (Å²) in [4.78, 5) is 20.0. The first-order valence-electron chi connectivity index (χ1n) is 10.1. The Morgan fingerprint density at radius 3 is 2.65 bits per heavy atom. The van der Waals surface area contributed by atoms with Crippen LogP contribution in [-0.2, 0) is 0 Å². The van der Waals surface area contributed by atoms with Gasteiger partial charge in [-0.15, -0.1) is 0 Å². The predicted octanol–water partition coefficient (Wildman–Crippen LogP) is 4.02. The first-order chi connectivity index (χ1) is 15.3. The number of methoxy groups -OCH3 is 1. The van der Waals surface area contributed by atoms with E-state index in [-0.39, 0.29) is 6.04 Å². The number of ether oxygens (including phenoxy) is 1. The van der Waals surface area contributed by atoms with Gasteiger partial charge in [-0.1, -0.05) is 17.3 Å². The average molecular weight is 415 g/mol. The number of nitrogens with one attached hydrogen (secondary N) is 1.